The lowest BCUT2D eigenvalue weighted by Crippen LogP contribution is -2.58. The zero-order valence-corrected chi connectivity index (χ0v) is 11.2. The van der Waals surface area contributed by atoms with Gasteiger partial charge in [-0.1, -0.05) is 0 Å². The summed E-state index contributed by atoms with van der Waals surface area (Å²) < 4.78 is 0. The fraction of sp³-hybridized carbons (Fsp3) is 0.545. The molecule has 18 heavy (non-hydrogen) atoms. The van der Waals surface area contributed by atoms with Crippen LogP contribution in [-0.2, 0) is 4.79 Å². The van der Waals surface area contributed by atoms with Gasteiger partial charge in [0.05, 0.1) is 10.7 Å². The maximum atomic E-state index is 12.4. The number of primary amides is 1. The van der Waals surface area contributed by atoms with Crippen LogP contribution in [0.3, 0.4) is 0 Å². The molecule has 0 aliphatic carbocycles. The molecule has 0 spiro atoms. The van der Waals surface area contributed by atoms with E-state index in [1.54, 1.807) is 11.8 Å². The third-order valence-corrected chi connectivity index (χ3v) is 3.99. The van der Waals surface area contributed by atoms with Crippen LogP contribution in [0, 0.1) is 13.8 Å². The highest BCUT2D eigenvalue weighted by Crippen LogP contribution is 2.20. The molecule has 1 saturated heterocycles. The van der Waals surface area contributed by atoms with Crippen LogP contribution < -0.4 is 11.1 Å². The summed E-state index contributed by atoms with van der Waals surface area (Å²) in [7, 11) is 0. The summed E-state index contributed by atoms with van der Waals surface area (Å²) in [6.07, 6.45) is 0. The number of amides is 2. The van der Waals surface area contributed by atoms with E-state index in [0.29, 0.717) is 30.2 Å². The van der Waals surface area contributed by atoms with Crippen LogP contribution >= 0.6 is 11.3 Å². The van der Waals surface area contributed by atoms with Crippen LogP contribution in [0.4, 0.5) is 0 Å². The van der Waals surface area contributed by atoms with Crippen molar-refractivity contribution in [1.82, 2.24) is 15.2 Å². The highest BCUT2D eigenvalue weighted by Gasteiger charge is 2.32. The fourth-order valence-corrected chi connectivity index (χ4v) is 2.94. The van der Waals surface area contributed by atoms with E-state index in [0.717, 1.165) is 5.01 Å². The number of carbonyl (C=O) groups excluding carboxylic acids is 2. The molecule has 0 bridgehead atoms. The molecular formula is C11H16N4O2S. The van der Waals surface area contributed by atoms with Gasteiger partial charge in [-0.2, -0.15) is 0 Å². The average Bonchev–Trinajstić information content (AvgIpc) is 2.67. The number of nitrogens with one attached hydrogen (secondary N) is 1. The second kappa shape index (κ2) is 5.03. The molecule has 98 valence electrons. The van der Waals surface area contributed by atoms with E-state index in [9.17, 15) is 9.59 Å². The Hall–Kier alpha value is -1.47. The molecule has 1 aliphatic rings. The maximum Gasteiger partial charge on any atom is 0.266 e. The van der Waals surface area contributed by atoms with E-state index >= 15 is 0 Å². The number of hydrogen-bond donors (Lipinski definition) is 2. The predicted octanol–water partition coefficient (Wildman–Crippen LogP) is -0.341. The monoisotopic (exact) mass is 268 g/mol. The molecule has 3 N–H and O–H groups in total. The van der Waals surface area contributed by atoms with Crippen LogP contribution in [-0.4, -0.2) is 47.4 Å². The maximum absolute atomic E-state index is 12.4. The quantitative estimate of drug-likeness (QED) is 0.768. The van der Waals surface area contributed by atoms with Crippen molar-refractivity contribution >= 4 is 23.2 Å². The summed E-state index contributed by atoms with van der Waals surface area (Å²) in [5.74, 6) is -0.627. The van der Waals surface area contributed by atoms with Crippen molar-refractivity contribution in [2.24, 2.45) is 5.73 Å². The Morgan fingerprint density at radius 3 is 2.78 bits per heavy atom. The van der Waals surface area contributed by atoms with Crippen LogP contribution in [0.2, 0.25) is 0 Å². The molecule has 0 saturated carbocycles. The smallest absolute Gasteiger partial charge is 0.266 e. The van der Waals surface area contributed by atoms with Gasteiger partial charge in [0.15, 0.2) is 0 Å². The van der Waals surface area contributed by atoms with Gasteiger partial charge in [-0.15, -0.1) is 11.3 Å². The van der Waals surface area contributed by atoms with Gasteiger partial charge >= 0.3 is 0 Å². The Labute approximate surface area is 109 Å². The van der Waals surface area contributed by atoms with Crippen molar-refractivity contribution < 1.29 is 9.59 Å². The van der Waals surface area contributed by atoms with E-state index in [1.807, 2.05) is 6.92 Å². The number of nitrogens with two attached hydrogens (primary N) is 1. The van der Waals surface area contributed by atoms with E-state index < -0.39 is 11.9 Å². The van der Waals surface area contributed by atoms with Crippen LogP contribution in [0.5, 0.6) is 0 Å². The lowest BCUT2D eigenvalue weighted by atomic mass is 10.1. The number of aromatic nitrogens is 1. The Morgan fingerprint density at radius 2 is 2.22 bits per heavy atom. The lowest BCUT2D eigenvalue weighted by molar-refractivity contribution is -0.122. The average molecular weight is 268 g/mol. The molecule has 6 nitrogen and oxygen atoms in total. The minimum atomic E-state index is -0.576. The molecule has 1 aromatic rings. The zero-order valence-electron chi connectivity index (χ0n) is 10.4. The van der Waals surface area contributed by atoms with Gasteiger partial charge in [-0.25, -0.2) is 4.98 Å². The highest BCUT2D eigenvalue weighted by atomic mass is 32.1. The van der Waals surface area contributed by atoms with E-state index in [1.165, 1.54) is 11.3 Å². The molecule has 0 aromatic carbocycles. The Bertz CT molecular complexity index is 485. The van der Waals surface area contributed by atoms with Crippen molar-refractivity contribution in [2.75, 3.05) is 19.6 Å². The molecule has 1 aliphatic heterocycles. The highest BCUT2D eigenvalue weighted by molar-refractivity contribution is 7.13. The summed E-state index contributed by atoms with van der Waals surface area (Å²) in [4.78, 5) is 30.2. The van der Waals surface area contributed by atoms with Gasteiger partial charge in [0.25, 0.3) is 5.91 Å². The topological polar surface area (TPSA) is 88.3 Å². The molecule has 1 aromatic heterocycles. The fourth-order valence-electron chi connectivity index (χ4n) is 2.06. The van der Waals surface area contributed by atoms with Crippen molar-refractivity contribution in [1.29, 1.82) is 0 Å². The molecule has 1 fully saturated rings. The Balaban J connectivity index is 2.26. The third kappa shape index (κ3) is 2.37. The summed E-state index contributed by atoms with van der Waals surface area (Å²) in [5.41, 5.74) is 6.04. The summed E-state index contributed by atoms with van der Waals surface area (Å²) in [6, 6.07) is -0.576. The van der Waals surface area contributed by atoms with Gasteiger partial charge < -0.3 is 16.0 Å². The first-order chi connectivity index (χ1) is 8.50. The van der Waals surface area contributed by atoms with E-state index in [2.05, 4.69) is 10.3 Å². The molecule has 1 atom stereocenters. The Kier molecular flexibility index (Phi) is 3.63. The van der Waals surface area contributed by atoms with Crippen molar-refractivity contribution in [2.45, 2.75) is 19.9 Å². The summed E-state index contributed by atoms with van der Waals surface area (Å²) >= 11 is 1.36. The van der Waals surface area contributed by atoms with Gasteiger partial charge in [0.1, 0.15) is 10.9 Å². The van der Waals surface area contributed by atoms with Crippen LogP contribution in [0.25, 0.3) is 0 Å². The van der Waals surface area contributed by atoms with E-state index in [-0.39, 0.29) is 5.91 Å². The van der Waals surface area contributed by atoms with Crippen molar-refractivity contribution in [3.8, 4) is 0 Å². The first kappa shape index (κ1) is 13.0. The second-order valence-electron chi connectivity index (χ2n) is 4.27. The summed E-state index contributed by atoms with van der Waals surface area (Å²) in [6.45, 7) is 5.24. The lowest BCUT2D eigenvalue weighted by Gasteiger charge is -2.33. The predicted molar refractivity (Wildman–Crippen MR) is 68.5 cm³/mol. The van der Waals surface area contributed by atoms with Crippen molar-refractivity contribution in [3.63, 3.8) is 0 Å². The SMILES string of the molecule is Cc1nc(C)c(C(=O)N2CCNCC2C(N)=O)s1. The molecule has 0 radical (unpaired) electrons. The normalized spacial score (nSPS) is 19.9. The molecule has 2 heterocycles. The van der Waals surface area contributed by atoms with Gasteiger partial charge in [0, 0.05) is 19.6 Å². The first-order valence-electron chi connectivity index (χ1n) is 5.75. The molecule has 7 heteroatoms. The largest absolute Gasteiger partial charge is 0.368 e. The molecule has 2 rings (SSSR count). The zero-order chi connectivity index (χ0) is 13.3. The second-order valence-corrected chi connectivity index (χ2v) is 5.47. The number of nitrogens with zero attached hydrogens (tertiary/aromatic N) is 2. The molecular weight excluding hydrogens is 252 g/mol. The Morgan fingerprint density at radius 1 is 1.50 bits per heavy atom. The number of rotatable bonds is 2. The number of hydrogen-bond acceptors (Lipinski definition) is 5. The minimum absolute atomic E-state index is 0.150. The van der Waals surface area contributed by atoms with Crippen LogP contribution in [0.15, 0.2) is 0 Å². The van der Waals surface area contributed by atoms with Crippen molar-refractivity contribution in [3.05, 3.63) is 15.6 Å². The van der Waals surface area contributed by atoms with Gasteiger partial charge in [0.2, 0.25) is 5.91 Å². The van der Waals surface area contributed by atoms with Crippen LogP contribution in [0.1, 0.15) is 20.4 Å². The third-order valence-electron chi connectivity index (χ3n) is 2.93. The van der Waals surface area contributed by atoms with Gasteiger partial charge in [-0.3, -0.25) is 9.59 Å². The number of aryl methyl sites for hydroxylation is 2. The standard InChI is InChI=1S/C11H16N4O2S/c1-6-9(18-7(2)14-6)11(17)15-4-3-13-5-8(15)10(12)16/h8,13H,3-5H2,1-2H3,(H2,12,16). The number of carbonyl (C=O) groups is 2. The van der Waals surface area contributed by atoms with E-state index in [4.69, 9.17) is 5.73 Å². The number of thiazole rings is 1. The summed E-state index contributed by atoms with van der Waals surface area (Å²) in [5, 5.41) is 3.91. The van der Waals surface area contributed by atoms with Gasteiger partial charge in [-0.05, 0) is 13.8 Å². The number of piperazine rings is 1. The first-order valence-corrected chi connectivity index (χ1v) is 6.57. The molecule has 1 unspecified atom stereocenters. The molecule has 2 amide bonds. The minimum Gasteiger partial charge on any atom is -0.368 e.